The molecule has 0 saturated heterocycles. The van der Waals surface area contributed by atoms with Crippen molar-refractivity contribution in [2.75, 3.05) is 11.6 Å². The van der Waals surface area contributed by atoms with Crippen LogP contribution < -0.4 is 5.01 Å². The minimum atomic E-state index is -0.425. The predicted molar refractivity (Wildman–Crippen MR) is 108 cm³/mol. The zero-order valence-electron chi connectivity index (χ0n) is 14.4. The summed E-state index contributed by atoms with van der Waals surface area (Å²) in [6, 6.07) is 18.8. The summed E-state index contributed by atoms with van der Waals surface area (Å²) < 4.78 is 4.28. The molecule has 0 atom stereocenters. The van der Waals surface area contributed by atoms with E-state index in [1.807, 2.05) is 31.2 Å². The fourth-order valence-electron chi connectivity index (χ4n) is 2.83. The van der Waals surface area contributed by atoms with Crippen LogP contribution in [0.1, 0.15) is 6.92 Å². The topological polar surface area (TPSA) is 84.0 Å². The van der Waals surface area contributed by atoms with Crippen molar-refractivity contribution < 1.29 is 4.92 Å². The molecule has 0 aliphatic rings. The molecule has 1 aromatic heterocycles. The first-order chi connectivity index (χ1) is 13.2. The van der Waals surface area contributed by atoms with Crippen LogP contribution in [0.4, 0.5) is 16.4 Å². The molecule has 0 N–H and O–H groups in total. The maximum absolute atomic E-state index is 11.0. The van der Waals surface area contributed by atoms with Crippen molar-refractivity contribution >= 4 is 49.6 Å². The fraction of sp³-hybridized carbons (Fsp3) is 0.105. The Hall–Kier alpha value is -3.39. The molecule has 0 fully saturated rings. The third kappa shape index (κ3) is 3.34. The Labute approximate surface area is 158 Å². The second kappa shape index (κ2) is 7.08. The van der Waals surface area contributed by atoms with Gasteiger partial charge in [0.25, 0.3) is 5.69 Å². The fourth-order valence-corrected chi connectivity index (χ4v) is 3.51. The van der Waals surface area contributed by atoms with Crippen LogP contribution in [0.3, 0.4) is 0 Å². The van der Waals surface area contributed by atoms with Gasteiger partial charge in [0.15, 0.2) is 5.00 Å². The van der Waals surface area contributed by atoms with Gasteiger partial charge in [0, 0.05) is 24.1 Å². The number of nitro groups is 1. The molecule has 7 nitrogen and oxygen atoms in total. The van der Waals surface area contributed by atoms with Gasteiger partial charge in [-0.25, -0.2) is 5.01 Å². The lowest BCUT2D eigenvalue weighted by molar-refractivity contribution is -0.384. The number of non-ortho nitro benzene ring substituents is 1. The molecular weight excluding hydrogens is 362 g/mol. The SMILES string of the molecule is CCN(/N=N/c1snc2ccc([N+](=O)[O-])cc12)c1ccc2ccccc2c1. The highest BCUT2D eigenvalue weighted by Crippen LogP contribution is 2.33. The van der Waals surface area contributed by atoms with Gasteiger partial charge >= 0.3 is 0 Å². The van der Waals surface area contributed by atoms with E-state index >= 15 is 0 Å². The second-order valence-electron chi connectivity index (χ2n) is 5.88. The van der Waals surface area contributed by atoms with Crippen molar-refractivity contribution in [3.05, 3.63) is 70.8 Å². The van der Waals surface area contributed by atoms with Gasteiger partial charge < -0.3 is 0 Å². The third-order valence-electron chi connectivity index (χ3n) is 4.23. The summed E-state index contributed by atoms with van der Waals surface area (Å²) >= 11 is 1.17. The standard InChI is InChI=1S/C19H15N5O2S/c1-2-23(15-8-7-13-5-3-4-6-14(13)11-15)22-20-19-17-12-16(24(25)26)9-10-18(17)21-27-19/h3-12H,2H2,1H3/b22-20+. The monoisotopic (exact) mass is 377 g/mol. The van der Waals surface area contributed by atoms with Gasteiger partial charge in [-0.3, -0.25) is 10.1 Å². The Balaban J connectivity index is 1.68. The van der Waals surface area contributed by atoms with Crippen LogP contribution in [-0.4, -0.2) is 15.8 Å². The van der Waals surface area contributed by atoms with Gasteiger partial charge in [-0.1, -0.05) is 35.6 Å². The van der Waals surface area contributed by atoms with Crippen LogP contribution in [0.15, 0.2) is 71.0 Å². The van der Waals surface area contributed by atoms with Crippen molar-refractivity contribution in [2.24, 2.45) is 10.3 Å². The van der Waals surface area contributed by atoms with Gasteiger partial charge in [-0.05, 0) is 47.4 Å². The first kappa shape index (κ1) is 17.0. The number of benzene rings is 3. The zero-order valence-corrected chi connectivity index (χ0v) is 15.3. The van der Waals surface area contributed by atoms with E-state index in [1.54, 1.807) is 11.1 Å². The number of nitro benzene ring substituents is 1. The summed E-state index contributed by atoms with van der Waals surface area (Å²) in [5, 5.41) is 24.9. The predicted octanol–water partition coefficient (Wildman–Crippen LogP) is 5.88. The summed E-state index contributed by atoms with van der Waals surface area (Å²) in [5.41, 5.74) is 1.62. The van der Waals surface area contributed by atoms with E-state index in [1.165, 1.54) is 23.7 Å². The van der Waals surface area contributed by atoms with Crippen molar-refractivity contribution in [3.63, 3.8) is 0 Å². The van der Waals surface area contributed by atoms with Gasteiger partial charge in [-0.2, -0.15) is 4.37 Å². The molecule has 3 aromatic carbocycles. The van der Waals surface area contributed by atoms with Crippen molar-refractivity contribution in [3.8, 4) is 0 Å². The molecular formula is C19H15N5O2S. The molecule has 0 aliphatic heterocycles. The molecule has 1 heterocycles. The van der Waals surface area contributed by atoms with Gasteiger partial charge in [0.2, 0.25) is 0 Å². The van der Waals surface area contributed by atoms with Crippen molar-refractivity contribution in [2.45, 2.75) is 6.92 Å². The summed E-state index contributed by atoms with van der Waals surface area (Å²) in [6.07, 6.45) is 0. The molecule has 0 amide bonds. The molecule has 0 unspecified atom stereocenters. The van der Waals surface area contributed by atoms with Gasteiger partial charge in [0.05, 0.1) is 16.1 Å². The first-order valence-corrected chi connectivity index (χ1v) is 9.15. The number of nitrogens with zero attached hydrogens (tertiary/aromatic N) is 5. The average molecular weight is 377 g/mol. The van der Waals surface area contributed by atoms with Crippen molar-refractivity contribution in [1.82, 2.24) is 4.37 Å². The van der Waals surface area contributed by atoms with Gasteiger partial charge in [0.1, 0.15) is 0 Å². The molecule has 0 bridgehead atoms. The summed E-state index contributed by atoms with van der Waals surface area (Å²) in [7, 11) is 0. The van der Waals surface area contributed by atoms with E-state index in [0.29, 0.717) is 22.4 Å². The lowest BCUT2D eigenvalue weighted by atomic mass is 10.1. The Morgan fingerprint density at radius 2 is 1.93 bits per heavy atom. The second-order valence-corrected chi connectivity index (χ2v) is 6.63. The van der Waals surface area contributed by atoms with Gasteiger partial charge in [-0.15, -0.1) is 5.11 Å². The minimum absolute atomic E-state index is 0.0148. The Bertz CT molecular complexity index is 1170. The number of aromatic nitrogens is 1. The van der Waals surface area contributed by atoms with Crippen molar-refractivity contribution in [1.29, 1.82) is 0 Å². The van der Waals surface area contributed by atoms with Crippen LogP contribution in [0.2, 0.25) is 0 Å². The Morgan fingerprint density at radius 1 is 1.11 bits per heavy atom. The highest BCUT2D eigenvalue weighted by atomic mass is 32.1. The van der Waals surface area contributed by atoms with Crippen LogP contribution in [-0.2, 0) is 0 Å². The number of hydrogen-bond acceptors (Lipinski definition) is 6. The largest absolute Gasteiger partial charge is 0.270 e. The van der Waals surface area contributed by atoms with E-state index in [4.69, 9.17) is 0 Å². The molecule has 27 heavy (non-hydrogen) atoms. The molecule has 4 aromatic rings. The van der Waals surface area contributed by atoms with E-state index in [9.17, 15) is 10.1 Å². The van der Waals surface area contributed by atoms with Crippen LogP contribution in [0.5, 0.6) is 0 Å². The quantitative estimate of drug-likeness (QED) is 0.247. The molecule has 0 saturated carbocycles. The lowest BCUT2D eigenvalue weighted by Crippen LogP contribution is -2.14. The van der Waals surface area contributed by atoms with E-state index in [0.717, 1.165) is 16.5 Å². The van der Waals surface area contributed by atoms with E-state index in [-0.39, 0.29) is 5.69 Å². The smallest absolute Gasteiger partial charge is 0.258 e. The number of hydrogen-bond donors (Lipinski definition) is 0. The summed E-state index contributed by atoms with van der Waals surface area (Å²) in [5.74, 6) is 0. The summed E-state index contributed by atoms with van der Waals surface area (Å²) in [6.45, 7) is 2.63. The third-order valence-corrected chi connectivity index (χ3v) is 4.99. The summed E-state index contributed by atoms with van der Waals surface area (Å²) in [4.78, 5) is 10.6. The van der Waals surface area contributed by atoms with E-state index < -0.39 is 4.92 Å². The Morgan fingerprint density at radius 3 is 2.70 bits per heavy atom. The number of rotatable bonds is 5. The normalized spacial score (nSPS) is 11.4. The highest BCUT2D eigenvalue weighted by Gasteiger charge is 2.12. The maximum atomic E-state index is 11.0. The number of fused-ring (bicyclic) bond motifs is 2. The molecule has 0 aliphatic carbocycles. The van der Waals surface area contributed by atoms with Crippen LogP contribution >= 0.6 is 11.5 Å². The van der Waals surface area contributed by atoms with Crippen LogP contribution in [0, 0.1) is 10.1 Å². The molecule has 0 spiro atoms. The van der Waals surface area contributed by atoms with E-state index in [2.05, 4.69) is 32.9 Å². The minimum Gasteiger partial charge on any atom is -0.258 e. The zero-order chi connectivity index (χ0) is 18.8. The molecule has 8 heteroatoms. The molecule has 134 valence electrons. The Kier molecular flexibility index (Phi) is 4.47. The average Bonchev–Trinajstić information content (AvgIpc) is 3.10. The highest BCUT2D eigenvalue weighted by molar-refractivity contribution is 7.11. The molecule has 4 rings (SSSR count). The molecule has 0 radical (unpaired) electrons. The van der Waals surface area contributed by atoms with Crippen LogP contribution in [0.25, 0.3) is 21.7 Å². The maximum Gasteiger partial charge on any atom is 0.270 e. The lowest BCUT2D eigenvalue weighted by Gasteiger charge is -2.15. The first-order valence-electron chi connectivity index (χ1n) is 8.37. The number of anilines is 1.